The minimum absolute atomic E-state index is 0.261. The number of nitrogens with one attached hydrogen (secondary N) is 1. The first-order valence-electron chi connectivity index (χ1n) is 10.4. The largest absolute Gasteiger partial charge is 0.461 e. The lowest BCUT2D eigenvalue weighted by Crippen LogP contribution is -2.30. The van der Waals surface area contributed by atoms with E-state index in [1.54, 1.807) is 34.4 Å². The zero-order valence-electron chi connectivity index (χ0n) is 18.7. The minimum Gasteiger partial charge on any atom is -0.461 e. The summed E-state index contributed by atoms with van der Waals surface area (Å²) in [6.07, 6.45) is 1.69. The summed E-state index contributed by atoms with van der Waals surface area (Å²) >= 11 is 0. The van der Waals surface area contributed by atoms with E-state index < -0.39 is 5.97 Å². The second-order valence-corrected chi connectivity index (χ2v) is 7.25. The maximum atomic E-state index is 12.6. The number of carbonyl (C=O) groups is 1. The number of fused-ring (bicyclic) bond motifs is 3. The third kappa shape index (κ3) is 5.22. The van der Waals surface area contributed by atoms with Crippen molar-refractivity contribution in [2.45, 2.75) is 20.1 Å². The molecular formula is C23H31N3O5. The van der Waals surface area contributed by atoms with E-state index in [4.69, 9.17) is 18.9 Å². The van der Waals surface area contributed by atoms with E-state index in [-0.39, 0.29) is 13.2 Å². The Balaban J connectivity index is 2.14. The molecule has 0 aliphatic rings. The van der Waals surface area contributed by atoms with Crippen molar-refractivity contribution in [2.75, 3.05) is 54.2 Å². The molecule has 8 nitrogen and oxygen atoms in total. The highest BCUT2D eigenvalue weighted by molar-refractivity contribution is 6.12. The number of methoxy groups -OCH3 is 3. The normalized spacial score (nSPS) is 11.6. The summed E-state index contributed by atoms with van der Waals surface area (Å²) in [7, 11) is 5.02. The summed E-state index contributed by atoms with van der Waals surface area (Å²) in [6.45, 7) is 5.91. The van der Waals surface area contributed by atoms with Gasteiger partial charge in [0.1, 0.15) is 0 Å². The summed E-state index contributed by atoms with van der Waals surface area (Å²) in [6, 6.07) is 6.19. The number of ether oxygens (including phenoxy) is 4. The van der Waals surface area contributed by atoms with Crippen molar-refractivity contribution in [1.29, 1.82) is 0 Å². The predicted octanol–water partition coefficient (Wildman–Crippen LogP) is 3.13. The molecule has 1 aromatic carbocycles. The third-order valence-corrected chi connectivity index (χ3v) is 5.22. The van der Waals surface area contributed by atoms with Crippen LogP contribution in [0.5, 0.6) is 0 Å². The lowest BCUT2D eigenvalue weighted by molar-refractivity contribution is 0.0514. The second kappa shape index (κ2) is 11.2. The van der Waals surface area contributed by atoms with E-state index in [1.807, 2.05) is 12.1 Å². The van der Waals surface area contributed by atoms with Crippen LogP contribution in [0.1, 0.15) is 28.5 Å². The molecular weight excluding hydrogens is 398 g/mol. The van der Waals surface area contributed by atoms with Crippen LogP contribution in [0.3, 0.4) is 0 Å². The number of rotatable bonds is 12. The van der Waals surface area contributed by atoms with Crippen LogP contribution in [0.15, 0.2) is 24.4 Å². The Bertz CT molecular complexity index is 1010. The van der Waals surface area contributed by atoms with Gasteiger partial charge in [0.2, 0.25) is 0 Å². The smallest absolute Gasteiger partial charge is 0.357 e. The van der Waals surface area contributed by atoms with Gasteiger partial charge in [-0.15, -0.1) is 0 Å². The fraction of sp³-hybridized carbons (Fsp3) is 0.478. The Hall–Kier alpha value is -2.52. The SMILES string of the molecule is CCOC(=O)c1ncc2[nH]c3cccc(CN(CCOC)CCOC)c3c2c1COC. The van der Waals surface area contributed by atoms with Gasteiger partial charge in [-0.3, -0.25) is 4.90 Å². The first-order chi connectivity index (χ1) is 15.1. The van der Waals surface area contributed by atoms with Gasteiger partial charge in [0.05, 0.1) is 38.1 Å². The minimum atomic E-state index is -0.440. The average molecular weight is 430 g/mol. The summed E-state index contributed by atoms with van der Waals surface area (Å²) in [5, 5.41) is 2.02. The Labute approximate surface area is 182 Å². The van der Waals surface area contributed by atoms with E-state index in [0.717, 1.165) is 52.6 Å². The van der Waals surface area contributed by atoms with E-state index in [2.05, 4.69) is 20.9 Å². The summed E-state index contributed by atoms with van der Waals surface area (Å²) < 4.78 is 21.2. The van der Waals surface area contributed by atoms with E-state index in [9.17, 15) is 4.79 Å². The van der Waals surface area contributed by atoms with Crippen molar-refractivity contribution in [1.82, 2.24) is 14.9 Å². The Morgan fingerprint density at radius 3 is 2.42 bits per heavy atom. The van der Waals surface area contributed by atoms with Gasteiger partial charge in [-0.25, -0.2) is 9.78 Å². The highest BCUT2D eigenvalue weighted by atomic mass is 16.5. The van der Waals surface area contributed by atoms with Gasteiger partial charge in [-0.1, -0.05) is 12.1 Å². The molecule has 168 valence electrons. The van der Waals surface area contributed by atoms with Gasteiger partial charge in [0.15, 0.2) is 5.69 Å². The van der Waals surface area contributed by atoms with Gasteiger partial charge >= 0.3 is 5.97 Å². The fourth-order valence-electron chi connectivity index (χ4n) is 3.82. The molecule has 0 radical (unpaired) electrons. The van der Waals surface area contributed by atoms with Gasteiger partial charge < -0.3 is 23.9 Å². The fourth-order valence-corrected chi connectivity index (χ4v) is 3.82. The van der Waals surface area contributed by atoms with Gasteiger partial charge in [0, 0.05) is 62.8 Å². The van der Waals surface area contributed by atoms with Crippen LogP contribution >= 0.6 is 0 Å². The predicted molar refractivity (Wildman–Crippen MR) is 119 cm³/mol. The Kier molecular flexibility index (Phi) is 8.36. The molecule has 2 aromatic heterocycles. The number of benzene rings is 1. The first kappa shape index (κ1) is 23.1. The number of aromatic nitrogens is 2. The van der Waals surface area contributed by atoms with E-state index in [0.29, 0.717) is 18.9 Å². The number of aromatic amines is 1. The quantitative estimate of drug-likeness (QED) is 0.443. The standard InChI is InChI=1S/C23H31N3O5/c1-5-31-23(27)22-17(15-30-4)21-19(13-24-22)25-18-8-6-7-16(20(18)21)14-26(9-11-28-2)10-12-29-3/h6-8,13,25H,5,9-12,14-15H2,1-4H3. The van der Waals surface area contributed by atoms with Crippen LogP contribution in [0.4, 0.5) is 0 Å². The highest BCUT2D eigenvalue weighted by Gasteiger charge is 2.22. The van der Waals surface area contributed by atoms with Crippen molar-refractivity contribution in [3.63, 3.8) is 0 Å². The molecule has 31 heavy (non-hydrogen) atoms. The first-order valence-corrected chi connectivity index (χ1v) is 10.4. The summed E-state index contributed by atoms with van der Waals surface area (Å²) in [5.41, 5.74) is 4.03. The molecule has 1 N–H and O–H groups in total. The van der Waals surface area contributed by atoms with Gasteiger partial charge in [-0.05, 0) is 18.6 Å². The van der Waals surface area contributed by atoms with Crippen molar-refractivity contribution < 1.29 is 23.7 Å². The molecule has 0 spiro atoms. The molecule has 8 heteroatoms. The second-order valence-electron chi connectivity index (χ2n) is 7.25. The van der Waals surface area contributed by atoms with Gasteiger partial charge in [0.25, 0.3) is 0 Å². The van der Waals surface area contributed by atoms with E-state index in [1.165, 1.54) is 0 Å². The maximum absolute atomic E-state index is 12.6. The maximum Gasteiger partial charge on any atom is 0.357 e. The van der Waals surface area contributed by atoms with Crippen LogP contribution < -0.4 is 0 Å². The number of hydrogen-bond donors (Lipinski definition) is 1. The molecule has 0 unspecified atom stereocenters. The number of carbonyl (C=O) groups excluding carboxylic acids is 1. The third-order valence-electron chi connectivity index (χ3n) is 5.22. The molecule has 0 saturated heterocycles. The molecule has 0 fully saturated rings. The number of H-pyrrole nitrogens is 1. The number of nitrogens with zero attached hydrogens (tertiary/aromatic N) is 2. The van der Waals surface area contributed by atoms with Crippen molar-refractivity contribution in [3.8, 4) is 0 Å². The molecule has 3 aromatic rings. The lowest BCUT2D eigenvalue weighted by atomic mass is 10.0. The van der Waals surface area contributed by atoms with Crippen molar-refractivity contribution >= 4 is 27.8 Å². The van der Waals surface area contributed by atoms with Crippen LogP contribution in [-0.2, 0) is 32.1 Å². The monoisotopic (exact) mass is 429 g/mol. The van der Waals surface area contributed by atoms with Crippen LogP contribution in [0.2, 0.25) is 0 Å². The van der Waals surface area contributed by atoms with Crippen molar-refractivity contribution in [2.24, 2.45) is 0 Å². The highest BCUT2D eigenvalue weighted by Crippen LogP contribution is 2.33. The van der Waals surface area contributed by atoms with Crippen LogP contribution in [0.25, 0.3) is 21.8 Å². The molecule has 0 saturated carbocycles. The topological polar surface area (TPSA) is 85.9 Å². The molecule has 0 amide bonds. The molecule has 3 rings (SSSR count). The molecule has 0 bridgehead atoms. The molecule has 0 aliphatic heterocycles. The zero-order chi connectivity index (χ0) is 22.2. The Morgan fingerprint density at radius 2 is 1.77 bits per heavy atom. The van der Waals surface area contributed by atoms with Crippen molar-refractivity contribution in [3.05, 3.63) is 41.2 Å². The molecule has 0 aliphatic carbocycles. The van der Waals surface area contributed by atoms with E-state index >= 15 is 0 Å². The Morgan fingerprint density at radius 1 is 1.03 bits per heavy atom. The number of pyridine rings is 1. The van der Waals surface area contributed by atoms with Crippen LogP contribution in [0, 0.1) is 0 Å². The summed E-state index contributed by atoms with van der Waals surface area (Å²) in [5.74, 6) is -0.440. The lowest BCUT2D eigenvalue weighted by Gasteiger charge is -2.22. The average Bonchev–Trinajstić information content (AvgIpc) is 3.16. The number of hydrogen-bond acceptors (Lipinski definition) is 7. The zero-order valence-corrected chi connectivity index (χ0v) is 18.7. The number of esters is 1. The summed E-state index contributed by atoms with van der Waals surface area (Å²) in [4.78, 5) is 22.7. The molecule has 2 heterocycles. The van der Waals surface area contributed by atoms with Crippen LogP contribution in [-0.4, -0.2) is 75.1 Å². The van der Waals surface area contributed by atoms with Gasteiger partial charge in [-0.2, -0.15) is 0 Å². The molecule has 0 atom stereocenters.